The van der Waals surface area contributed by atoms with Gasteiger partial charge in [0.2, 0.25) is 21.8 Å². The molecule has 0 radical (unpaired) electrons. The second-order valence-electron chi connectivity index (χ2n) is 7.93. The summed E-state index contributed by atoms with van der Waals surface area (Å²) in [7, 11) is -3.58. The molecule has 31 heavy (non-hydrogen) atoms. The maximum Gasteiger partial charge on any atom is 0.243 e. The smallest absolute Gasteiger partial charge is 0.243 e. The lowest BCUT2D eigenvalue weighted by atomic mass is 10.2. The summed E-state index contributed by atoms with van der Waals surface area (Å²) in [6.45, 7) is 12.3. The number of likely N-dealkylation sites (N-methyl/N-ethyl adjacent to an activating group) is 1. The molecule has 0 aromatic heterocycles. The van der Waals surface area contributed by atoms with Gasteiger partial charge in [-0.25, -0.2) is 8.42 Å². The Morgan fingerprint density at radius 1 is 1.03 bits per heavy atom. The van der Waals surface area contributed by atoms with Crippen LogP contribution in [0.5, 0.6) is 0 Å². The number of carbonyl (C=O) groups is 2. The van der Waals surface area contributed by atoms with Gasteiger partial charge in [0.05, 0.1) is 4.90 Å². The van der Waals surface area contributed by atoms with E-state index in [9.17, 15) is 18.0 Å². The molecule has 1 fully saturated rings. The zero-order chi connectivity index (χ0) is 23.0. The molecule has 2 amide bonds. The van der Waals surface area contributed by atoms with Crippen molar-refractivity contribution in [3.05, 3.63) is 29.3 Å². The monoisotopic (exact) mass is 452 g/mol. The van der Waals surface area contributed by atoms with Gasteiger partial charge in [-0.2, -0.15) is 4.31 Å². The van der Waals surface area contributed by atoms with Gasteiger partial charge < -0.3 is 15.1 Å². The summed E-state index contributed by atoms with van der Waals surface area (Å²) >= 11 is 0. The minimum atomic E-state index is -3.58. The Morgan fingerprint density at radius 2 is 1.68 bits per heavy atom. The molecule has 1 aliphatic rings. The average Bonchev–Trinajstić information content (AvgIpc) is 2.76. The van der Waals surface area contributed by atoms with Crippen molar-refractivity contribution in [2.75, 3.05) is 52.4 Å². The number of aryl methyl sites for hydroxylation is 2. The third-order valence-corrected chi connectivity index (χ3v) is 7.80. The van der Waals surface area contributed by atoms with Crippen LogP contribution in [0.3, 0.4) is 0 Å². The number of hydrogen-bond donors (Lipinski definition) is 1. The van der Waals surface area contributed by atoms with Crippen LogP contribution in [-0.4, -0.2) is 86.7 Å². The second kappa shape index (κ2) is 11.6. The Balaban J connectivity index is 1.79. The van der Waals surface area contributed by atoms with Crippen LogP contribution in [0.4, 0.5) is 0 Å². The van der Waals surface area contributed by atoms with Crippen molar-refractivity contribution in [2.24, 2.45) is 0 Å². The topological polar surface area (TPSA) is 90.0 Å². The molecule has 1 N–H and O–H groups in total. The summed E-state index contributed by atoms with van der Waals surface area (Å²) in [4.78, 5) is 28.7. The quantitative estimate of drug-likeness (QED) is 0.579. The van der Waals surface area contributed by atoms with Crippen LogP contribution in [0.25, 0.3) is 0 Å². The van der Waals surface area contributed by atoms with Gasteiger partial charge in [-0.1, -0.05) is 26.0 Å². The van der Waals surface area contributed by atoms with Crippen LogP contribution in [0, 0.1) is 13.8 Å². The van der Waals surface area contributed by atoms with Gasteiger partial charge >= 0.3 is 0 Å². The van der Waals surface area contributed by atoms with Gasteiger partial charge in [0.1, 0.15) is 0 Å². The fraction of sp³-hybridized carbons (Fsp3) is 0.636. The zero-order valence-corrected chi connectivity index (χ0v) is 20.0. The molecule has 1 heterocycles. The summed E-state index contributed by atoms with van der Waals surface area (Å²) in [5.41, 5.74) is 1.62. The molecule has 0 atom stereocenters. The third-order valence-electron chi connectivity index (χ3n) is 5.76. The molecule has 0 unspecified atom stereocenters. The first-order chi connectivity index (χ1) is 14.7. The molecule has 1 aromatic carbocycles. The van der Waals surface area contributed by atoms with E-state index in [-0.39, 0.29) is 37.7 Å². The SMILES string of the molecule is CCN(CC)CCNC(=O)CCC(=O)N1CCN(S(=O)(=O)c2cc(C)ccc2C)CC1. The van der Waals surface area contributed by atoms with Crippen molar-refractivity contribution in [1.82, 2.24) is 19.4 Å². The highest BCUT2D eigenvalue weighted by atomic mass is 32.2. The van der Waals surface area contributed by atoms with Gasteiger partial charge in [-0.05, 0) is 44.1 Å². The second-order valence-corrected chi connectivity index (χ2v) is 9.84. The lowest BCUT2D eigenvalue weighted by molar-refractivity contribution is -0.134. The number of hydrogen-bond acceptors (Lipinski definition) is 5. The Kier molecular flexibility index (Phi) is 9.46. The Hall–Kier alpha value is -1.97. The lowest BCUT2D eigenvalue weighted by Gasteiger charge is -2.34. The summed E-state index contributed by atoms with van der Waals surface area (Å²) in [5.74, 6) is -0.237. The van der Waals surface area contributed by atoms with E-state index in [1.165, 1.54) is 4.31 Å². The van der Waals surface area contributed by atoms with Crippen LogP contribution in [0.1, 0.15) is 37.8 Å². The van der Waals surface area contributed by atoms with E-state index >= 15 is 0 Å². The molecule has 1 saturated heterocycles. The lowest BCUT2D eigenvalue weighted by Crippen LogP contribution is -2.50. The molecule has 0 spiro atoms. The summed E-state index contributed by atoms with van der Waals surface area (Å²) in [6.07, 6.45) is 0.291. The molecule has 2 rings (SSSR count). The number of nitrogens with zero attached hydrogens (tertiary/aromatic N) is 3. The molecule has 0 saturated carbocycles. The predicted octanol–water partition coefficient (Wildman–Crippen LogP) is 1.37. The van der Waals surface area contributed by atoms with Crippen molar-refractivity contribution in [2.45, 2.75) is 45.4 Å². The highest BCUT2D eigenvalue weighted by Crippen LogP contribution is 2.22. The first kappa shape index (κ1) is 25.3. The zero-order valence-electron chi connectivity index (χ0n) is 19.2. The van der Waals surface area contributed by atoms with Gasteiger partial charge in [0.15, 0.2) is 0 Å². The van der Waals surface area contributed by atoms with Crippen LogP contribution < -0.4 is 5.32 Å². The summed E-state index contributed by atoms with van der Waals surface area (Å²) in [5, 5.41) is 2.86. The minimum Gasteiger partial charge on any atom is -0.355 e. The molecule has 1 aromatic rings. The Bertz CT molecular complexity index is 860. The van der Waals surface area contributed by atoms with Crippen molar-refractivity contribution in [3.8, 4) is 0 Å². The van der Waals surface area contributed by atoms with E-state index in [1.54, 1.807) is 17.9 Å². The average molecular weight is 453 g/mol. The molecule has 174 valence electrons. The fourth-order valence-electron chi connectivity index (χ4n) is 3.66. The van der Waals surface area contributed by atoms with E-state index in [0.29, 0.717) is 24.5 Å². The van der Waals surface area contributed by atoms with Gasteiger partial charge in [-0.3, -0.25) is 9.59 Å². The maximum absolute atomic E-state index is 13.0. The third kappa shape index (κ3) is 7.02. The molecular weight excluding hydrogens is 416 g/mol. The first-order valence-corrected chi connectivity index (χ1v) is 12.5. The fourth-order valence-corrected chi connectivity index (χ4v) is 5.39. The highest BCUT2D eigenvalue weighted by Gasteiger charge is 2.31. The first-order valence-electron chi connectivity index (χ1n) is 11.0. The summed E-state index contributed by atoms with van der Waals surface area (Å²) in [6, 6.07) is 5.40. The van der Waals surface area contributed by atoms with E-state index in [1.807, 2.05) is 19.1 Å². The predicted molar refractivity (Wildman–Crippen MR) is 121 cm³/mol. The van der Waals surface area contributed by atoms with E-state index in [0.717, 1.165) is 30.8 Å². The number of nitrogens with one attached hydrogen (secondary N) is 1. The highest BCUT2D eigenvalue weighted by molar-refractivity contribution is 7.89. The van der Waals surface area contributed by atoms with Crippen LogP contribution >= 0.6 is 0 Å². The van der Waals surface area contributed by atoms with Crippen molar-refractivity contribution < 1.29 is 18.0 Å². The molecule has 0 bridgehead atoms. The molecule has 9 heteroatoms. The number of amides is 2. The van der Waals surface area contributed by atoms with Crippen molar-refractivity contribution in [1.29, 1.82) is 0 Å². The number of rotatable bonds is 10. The number of benzene rings is 1. The molecular formula is C22H36N4O4S. The molecule has 0 aliphatic carbocycles. The van der Waals surface area contributed by atoms with Gasteiger partial charge in [-0.15, -0.1) is 0 Å². The van der Waals surface area contributed by atoms with Gasteiger partial charge in [0.25, 0.3) is 0 Å². The Morgan fingerprint density at radius 3 is 2.29 bits per heavy atom. The standard InChI is InChI=1S/C22H36N4O4S/c1-5-24(6-2)12-11-23-21(27)9-10-22(28)25-13-15-26(16-14-25)31(29,30)20-17-18(3)7-8-19(20)4/h7-8,17H,5-6,9-16H2,1-4H3,(H,23,27). The largest absolute Gasteiger partial charge is 0.355 e. The number of piperazine rings is 1. The van der Waals surface area contributed by atoms with Crippen LogP contribution in [0.15, 0.2) is 23.1 Å². The van der Waals surface area contributed by atoms with Crippen molar-refractivity contribution >= 4 is 21.8 Å². The number of sulfonamides is 1. The van der Waals surface area contributed by atoms with E-state index in [2.05, 4.69) is 24.1 Å². The molecule has 8 nitrogen and oxygen atoms in total. The van der Waals surface area contributed by atoms with E-state index in [4.69, 9.17) is 0 Å². The van der Waals surface area contributed by atoms with Gasteiger partial charge in [0, 0.05) is 52.1 Å². The normalized spacial score (nSPS) is 15.3. The molecule has 1 aliphatic heterocycles. The maximum atomic E-state index is 13.0. The Labute approximate surface area is 186 Å². The van der Waals surface area contributed by atoms with Crippen LogP contribution in [0.2, 0.25) is 0 Å². The van der Waals surface area contributed by atoms with Crippen molar-refractivity contribution in [3.63, 3.8) is 0 Å². The minimum absolute atomic E-state index is 0.109. The van der Waals surface area contributed by atoms with Crippen LogP contribution in [-0.2, 0) is 19.6 Å². The van der Waals surface area contributed by atoms with E-state index < -0.39 is 10.0 Å². The number of carbonyl (C=O) groups excluding carboxylic acids is 2. The summed E-state index contributed by atoms with van der Waals surface area (Å²) < 4.78 is 27.5.